The Balaban J connectivity index is 2.79. The molecule has 0 heterocycles. The third-order valence-electron chi connectivity index (χ3n) is 3.05. The quantitative estimate of drug-likeness (QED) is 0.839. The summed E-state index contributed by atoms with van der Waals surface area (Å²) in [6, 6.07) is 5.46. The van der Waals surface area contributed by atoms with E-state index >= 15 is 0 Å². The summed E-state index contributed by atoms with van der Waals surface area (Å²) in [5.74, 6) is -0.332. The molecule has 0 fully saturated rings. The van der Waals surface area contributed by atoms with Crippen LogP contribution >= 0.6 is 11.6 Å². The minimum atomic E-state index is -0.332. The minimum absolute atomic E-state index is 0.0971. The van der Waals surface area contributed by atoms with Gasteiger partial charge in [-0.3, -0.25) is 0 Å². The number of benzene rings is 1. The summed E-state index contributed by atoms with van der Waals surface area (Å²) < 4.78 is 13.3. The molecule has 3 heteroatoms. The molecule has 0 aliphatic heterocycles. The highest BCUT2D eigenvalue weighted by Crippen LogP contribution is 2.31. The smallest absolute Gasteiger partial charge is 0.142 e. The van der Waals surface area contributed by atoms with E-state index in [2.05, 4.69) is 26.1 Å². The van der Waals surface area contributed by atoms with E-state index in [0.29, 0.717) is 6.04 Å². The van der Waals surface area contributed by atoms with E-state index in [4.69, 9.17) is 11.6 Å². The lowest BCUT2D eigenvalue weighted by Gasteiger charge is -2.28. The molecule has 0 aliphatic rings. The summed E-state index contributed by atoms with van der Waals surface area (Å²) in [6.45, 7) is 6.51. The predicted molar refractivity (Wildman–Crippen MR) is 72.0 cm³/mol. The highest BCUT2D eigenvalue weighted by molar-refractivity contribution is 6.31. The second-order valence-corrected chi connectivity index (χ2v) is 5.83. The van der Waals surface area contributed by atoms with Crippen LogP contribution in [0.4, 0.5) is 4.39 Å². The summed E-state index contributed by atoms with van der Waals surface area (Å²) in [5, 5.41) is 3.49. The molecule has 1 aromatic carbocycles. The van der Waals surface area contributed by atoms with Gasteiger partial charge < -0.3 is 5.32 Å². The van der Waals surface area contributed by atoms with Crippen LogP contribution in [0.3, 0.4) is 0 Å². The average Bonchev–Trinajstić information content (AvgIpc) is 2.23. The first-order valence-corrected chi connectivity index (χ1v) is 6.33. The van der Waals surface area contributed by atoms with Crippen LogP contribution in [0.2, 0.25) is 5.02 Å². The van der Waals surface area contributed by atoms with E-state index in [1.807, 2.05) is 13.1 Å². The monoisotopic (exact) mass is 257 g/mol. The highest BCUT2D eigenvalue weighted by Gasteiger charge is 2.22. The summed E-state index contributed by atoms with van der Waals surface area (Å²) >= 11 is 5.98. The standard InChI is InChI=1S/C14H21ClFN/c1-10(17-4)8-14(2,3)9-11-6-5-7-12(16)13(11)15/h5-7,10,17H,8-9H2,1-4H3. The Labute approximate surface area is 108 Å². The Morgan fingerprint density at radius 3 is 2.65 bits per heavy atom. The van der Waals surface area contributed by atoms with Crippen molar-refractivity contribution in [2.45, 2.75) is 39.7 Å². The molecule has 0 aromatic heterocycles. The average molecular weight is 258 g/mol. The zero-order chi connectivity index (χ0) is 13.1. The Morgan fingerprint density at radius 2 is 2.06 bits per heavy atom. The van der Waals surface area contributed by atoms with Crippen molar-refractivity contribution in [2.75, 3.05) is 7.05 Å². The molecule has 1 rings (SSSR count). The molecule has 0 aliphatic carbocycles. The van der Waals surface area contributed by atoms with Crippen LogP contribution < -0.4 is 5.32 Å². The lowest BCUT2D eigenvalue weighted by molar-refractivity contribution is 0.293. The van der Waals surface area contributed by atoms with E-state index < -0.39 is 0 Å². The van der Waals surface area contributed by atoms with Gasteiger partial charge in [0, 0.05) is 6.04 Å². The Morgan fingerprint density at radius 1 is 1.41 bits per heavy atom. The molecule has 0 saturated carbocycles. The fourth-order valence-electron chi connectivity index (χ4n) is 2.20. The zero-order valence-corrected chi connectivity index (χ0v) is 11.7. The van der Waals surface area contributed by atoms with Gasteiger partial charge >= 0.3 is 0 Å². The molecule has 0 spiro atoms. The van der Waals surface area contributed by atoms with Gasteiger partial charge in [-0.1, -0.05) is 37.6 Å². The SMILES string of the molecule is CNC(C)CC(C)(C)Cc1cccc(F)c1Cl. The van der Waals surface area contributed by atoms with Gasteiger partial charge in [0.05, 0.1) is 5.02 Å². The third-order valence-corrected chi connectivity index (χ3v) is 3.48. The van der Waals surface area contributed by atoms with Crippen LogP contribution in [0.25, 0.3) is 0 Å². The van der Waals surface area contributed by atoms with Crippen molar-refractivity contribution in [3.63, 3.8) is 0 Å². The maximum atomic E-state index is 13.3. The fourth-order valence-corrected chi connectivity index (χ4v) is 2.40. The van der Waals surface area contributed by atoms with Crippen LogP contribution in [0.15, 0.2) is 18.2 Å². The predicted octanol–water partition coefficient (Wildman–Crippen LogP) is 4.05. The summed E-state index contributed by atoms with van der Waals surface area (Å²) in [6.07, 6.45) is 1.81. The van der Waals surface area contributed by atoms with Crippen molar-refractivity contribution in [3.8, 4) is 0 Å². The number of nitrogens with one attached hydrogen (secondary N) is 1. The van der Waals surface area contributed by atoms with E-state index in [9.17, 15) is 4.39 Å². The van der Waals surface area contributed by atoms with Gasteiger partial charge in [-0.25, -0.2) is 4.39 Å². The molecule has 1 nitrogen and oxygen atoms in total. The maximum absolute atomic E-state index is 13.3. The Kier molecular flexibility index (Phi) is 4.96. The Bertz CT molecular complexity index is 376. The molecule has 1 atom stereocenters. The van der Waals surface area contributed by atoms with Crippen LogP contribution in [-0.2, 0) is 6.42 Å². The number of hydrogen-bond donors (Lipinski definition) is 1. The molecule has 17 heavy (non-hydrogen) atoms. The number of halogens is 2. The van der Waals surface area contributed by atoms with Gasteiger partial charge in [0.1, 0.15) is 5.82 Å². The molecule has 0 amide bonds. The zero-order valence-electron chi connectivity index (χ0n) is 11.0. The third kappa shape index (κ3) is 4.29. The van der Waals surface area contributed by atoms with Crippen molar-refractivity contribution >= 4 is 11.6 Å². The van der Waals surface area contributed by atoms with Gasteiger partial charge in [0.15, 0.2) is 0 Å². The lowest BCUT2D eigenvalue weighted by Crippen LogP contribution is -2.29. The summed E-state index contributed by atoms with van der Waals surface area (Å²) in [5.41, 5.74) is 0.986. The van der Waals surface area contributed by atoms with Crippen LogP contribution in [0.5, 0.6) is 0 Å². The van der Waals surface area contributed by atoms with Crippen LogP contribution in [-0.4, -0.2) is 13.1 Å². The normalized spacial score (nSPS) is 13.8. The van der Waals surface area contributed by atoms with Gasteiger partial charge in [-0.15, -0.1) is 0 Å². The second kappa shape index (κ2) is 5.83. The molecule has 1 aromatic rings. The largest absolute Gasteiger partial charge is 0.317 e. The van der Waals surface area contributed by atoms with Crippen molar-refractivity contribution < 1.29 is 4.39 Å². The molecule has 1 unspecified atom stereocenters. The van der Waals surface area contributed by atoms with Crippen molar-refractivity contribution in [2.24, 2.45) is 5.41 Å². The molecule has 0 bridgehead atoms. The van der Waals surface area contributed by atoms with Crippen LogP contribution in [0.1, 0.15) is 32.8 Å². The topological polar surface area (TPSA) is 12.0 Å². The number of hydrogen-bond acceptors (Lipinski definition) is 1. The number of rotatable bonds is 5. The summed E-state index contributed by atoms with van der Waals surface area (Å²) in [4.78, 5) is 0. The molecule has 1 N–H and O–H groups in total. The van der Waals surface area contributed by atoms with Gasteiger partial charge in [-0.05, 0) is 43.9 Å². The van der Waals surface area contributed by atoms with Gasteiger partial charge in [0.25, 0.3) is 0 Å². The van der Waals surface area contributed by atoms with Gasteiger partial charge in [-0.2, -0.15) is 0 Å². The Hall–Kier alpha value is -0.600. The van der Waals surface area contributed by atoms with E-state index in [1.165, 1.54) is 6.07 Å². The molecular weight excluding hydrogens is 237 g/mol. The fraction of sp³-hybridized carbons (Fsp3) is 0.571. The summed E-state index contributed by atoms with van der Waals surface area (Å²) in [7, 11) is 1.95. The van der Waals surface area contributed by atoms with E-state index in [0.717, 1.165) is 18.4 Å². The highest BCUT2D eigenvalue weighted by atomic mass is 35.5. The van der Waals surface area contributed by atoms with E-state index in [1.54, 1.807) is 6.07 Å². The molecule has 0 radical (unpaired) electrons. The van der Waals surface area contributed by atoms with E-state index in [-0.39, 0.29) is 16.3 Å². The first-order valence-electron chi connectivity index (χ1n) is 5.96. The first kappa shape index (κ1) is 14.5. The minimum Gasteiger partial charge on any atom is -0.317 e. The lowest BCUT2D eigenvalue weighted by atomic mass is 9.80. The molecule has 0 saturated heterocycles. The maximum Gasteiger partial charge on any atom is 0.142 e. The molecule has 96 valence electrons. The van der Waals surface area contributed by atoms with Crippen molar-refractivity contribution in [1.29, 1.82) is 0 Å². The van der Waals surface area contributed by atoms with Gasteiger partial charge in [0.2, 0.25) is 0 Å². The molecular formula is C14H21ClFN. The second-order valence-electron chi connectivity index (χ2n) is 5.45. The van der Waals surface area contributed by atoms with Crippen molar-refractivity contribution in [3.05, 3.63) is 34.6 Å². The van der Waals surface area contributed by atoms with Crippen LogP contribution in [0, 0.1) is 11.2 Å². The first-order chi connectivity index (χ1) is 7.85. The van der Waals surface area contributed by atoms with Crippen molar-refractivity contribution in [1.82, 2.24) is 5.32 Å².